The molecule has 0 spiro atoms. The molecule has 0 atom stereocenters. The van der Waals surface area contributed by atoms with Gasteiger partial charge in [-0.1, -0.05) is 0 Å². The van der Waals surface area contributed by atoms with Crippen LogP contribution >= 0.6 is 11.3 Å². The van der Waals surface area contributed by atoms with Gasteiger partial charge in [-0.05, 0) is 18.7 Å². The molecule has 5 nitrogen and oxygen atoms in total. The van der Waals surface area contributed by atoms with Gasteiger partial charge in [0.15, 0.2) is 0 Å². The predicted molar refractivity (Wildman–Crippen MR) is 67.0 cm³/mol. The highest BCUT2D eigenvalue weighted by molar-refractivity contribution is 7.09. The molecule has 0 unspecified atom stereocenters. The third-order valence-corrected chi connectivity index (χ3v) is 3.13. The van der Waals surface area contributed by atoms with Gasteiger partial charge in [0, 0.05) is 18.0 Å². The van der Waals surface area contributed by atoms with Crippen LogP contribution in [0.25, 0.3) is 0 Å². The van der Waals surface area contributed by atoms with E-state index in [1.165, 1.54) is 11.3 Å². The molecular formula is C11H12N4OS. The summed E-state index contributed by atoms with van der Waals surface area (Å²) in [5.41, 5.74) is 11.9. The van der Waals surface area contributed by atoms with E-state index in [0.29, 0.717) is 24.2 Å². The Labute approximate surface area is 103 Å². The van der Waals surface area contributed by atoms with Crippen molar-refractivity contribution in [2.75, 3.05) is 12.3 Å². The lowest BCUT2D eigenvalue weighted by Crippen LogP contribution is -2.08. The Hall–Kier alpha value is -1.79. The van der Waals surface area contributed by atoms with Gasteiger partial charge in [-0.25, -0.2) is 9.97 Å². The van der Waals surface area contributed by atoms with Crippen molar-refractivity contribution in [1.29, 1.82) is 0 Å². The summed E-state index contributed by atoms with van der Waals surface area (Å²) in [6, 6.07) is 3.32. The van der Waals surface area contributed by atoms with Gasteiger partial charge in [0.1, 0.15) is 11.5 Å². The Morgan fingerprint density at radius 2 is 2.29 bits per heavy atom. The van der Waals surface area contributed by atoms with Crippen molar-refractivity contribution in [3.05, 3.63) is 40.0 Å². The van der Waals surface area contributed by atoms with E-state index in [9.17, 15) is 4.79 Å². The standard InChI is InChI=1S/C11H12N4OS/c12-4-3-9-15-8(6-17-9)10(16)7-2-1-5-14-11(7)13/h1-2,5-6H,3-4,12H2,(H2,13,14). The summed E-state index contributed by atoms with van der Waals surface area (Å²) in [6.45, 7) is 0.524. The number of hydrogen-bond acceptors (Lipinski definition) is 6. The number of thiazole rings is 1. The molecule has 0 fully saturated rings. The maximum atomic E-state index is 12.1. The molecule has 0 bridgehead atoms. The molecule has 2 aromatic heterocycles. The minimum Gasteiger partial charge on any atom is -0.383 e. The SMILES string of the molecule is NCCc1nc(C(=O)c2cccnc2N)cs1. The lowest BCUT2D eigenvalue weighted by Gasteiger charge is -2.00. The zero-order valence-electron chi connectivity index (χ0n) is 9.09. The molecule has 0 radical (unpaired) electrons. The first-order chi connectivity index (χ1) is 8.22. The summed E-state index contributed by atoms with van der Waals surface area (Å²) >= 11 is 1.43. The van der Waals surface area contributed by atoms with E-state index in [4.69, 9.17) is 11.5 Å². The fourth-order valence-electron chi connectivity index (χ4n) is 1.40. The maximum Gasteiger partial charge on any atom is 0.215 e. The Kier molecular flexibility index (Phi) is 3.46. The van der Waals surface area contributed by atoms with Crippen LogP contribution in [-0.2, 0) is 6.42 Å². The van der Waals surface area contributed by atoms with Crippen LogP contribution in [0.3, 0.4) is 0 Å². The quantitative estimate of drug-likeness (QED) is 0.782. The highest BCUT2D eigenvalue weighted by Crippen LogP contribution is 2.16. The van der Waals surface area contributed by atoms with E-state index in [1.807, 2.05) is 0 Å². The van der Waals surface area contributed by atoms with Gasteiger partial charge in [0.2, 0.25) is 5.78 Å². The molecule has 0 saturated carbocycles. The smallest absolute Gasteiger partial charge is 0.215 e. The maximum absolute atomic E-state index is 12.1. The number of carbonyl (C=O) groups excluding carboxylic acids is 1. The zero-order chi connectivity index (χ0) is 12.3. The third-order valence-electron chi connectivity index (χ3n) is 2.23. The minimum absolute atomic E-state index is 0.199. The fraction of sp³-hybridized carbons (Fsp3) is 0.182. The van der Waals surface area contributed by atoms with Crippen molar-refractivity contribution in [2.45, 2.75) is 6.42 Å². The van der Waals surface area contributed by atoms with Gasteiger partial charge in [0.25, 0.3) is 0 Å². The number of hydrogen-bond donors (Lipinski definition) is 2. The molecule has 88 valence electrons. The van der Waals surface area contributed by atoms with Gasteiger partial charge >= 0.3 is 0 Å². The van der Waals surface area contributed by atoms with Crippen molar-refractivity contribution >= 4 is 22.9 Å². The predicted octanol–water partition coefficient (Wildman–Crippen LogP) is 0.852. The monoisotopic (exact) mass is 248 g/mol. The van der Waals surface area contributed by atoms with Crippen LogP contribution in [0.1, 0.15) is 21.1 Å². The summed E-state index contributed by atoms with van der Waals surface area (Å²) in [6.07, 6.45) is 2.23. The molecule has 4 N–H and O–H groups in total. The number of aromatic nitrogens is 2. The molecular weight excluding hydrogens is 236 g/mol. The van der Waals surface area contributed by atoms with Gasteiger partial charge < -0.3 is 11.5 Å². The number of nitrogens with two attached hydrogens (primary N) is 2. The Morgan fingerprint density at radius 3 is 3.00 bits per heavy atom. The van der Waals surface area contributed by atoms with Crippen LogP contribution in [0.5, 0.6) is 0 Å². The third kappa shape index (κ3) is 2.48. The van der Waals surface area contributed by atoms with E-state index >= 15 is 0 Å². The molecule has 0 aromatic carbocycles. The number of nitrogen functional groups attached to an aromatic ring is 1. The summed E-state index contributed by atoms with van der Waals surface area (Å²) in [5, 5.41) is 2.58. The van der Waals surface area contributed by atoms with E-state index in [0.717, 1.165) is 5.01 Å². The van der Waals surface area contributed by atoms with Crippen molar-refractivity contribution in [2.24, 2.45) is 5.73 Å². The van der Waals surface area contributed by atoms with Crippen LogP contribution < -0.4 is 11.5 Å². The first-order valence-corrected chi connectivity index (χ1v) is 6.00. The normalized spacial score (nSPS) is 10.4. The number of anilines is 1. The van der Waals surface area contributed by atoms with Gasteiger partial charge in [-0.2, -0.15) is 0 Å². The van der Waals surface area contributed by atoms with Gasteiger partial charge in [-0.3, -0.25) is 4.79 Å². The number of pyridine rings is 1. The molecule has 0 aliphatic rings. The van der Waals surface area contributed by atoms with Crippen molar-refractivity contribution in [3.63, 3.8) is 0 Å². The molecule has 6 heteroatoms. The molecule has 2 heterocycles. The van der Waals surface area contributed by atoms with Crippen molar-refractivity contribution < 1.29 is 4.79 Å². The Bertz CT molecular complexity index is 538. The summed E-state index contributed by atoms with van der Waals surface area (Å²) in [4.78, 5) is 20.2. The lowest BCUT2D eigenvalue weighted by molar-refractivity contribution is 0.103. The van der Waals surface area contributed by atoms with E-state index in [2.05, 4.69) is 9.97 Å². The van der Waals surface area contributed by atoms with E-state index in [-0.39, 0.29) is 11.6 Å². The van der Waals surface area contributed by atoms with Crippen molar-refractivity contribution in [3.8, 4) is 0 Å². The molecule has 2 aromatic rings. The summed E-state index contributed by atoms with van der Waals surface area (Å²) < 4.78 is 0. The second-order valence-corrected chi connectivity index (χ2v) is 4.37. The van der Waals surface area contributed by atoms with Crippen LogP contribution in [-0.4, -0.2) is 22.3 Å². The highest BCUT2D eigenvalue weighted by atomic mass is 32.1. The van der Waals surface area contributed by atoms with Crippen LogP contribution in [0.15, 0.2) is 23.7 Å². The van der Waals surface area contributed by atoms with Crippen molar-refractivity contribution in [1.82, 2.24) is 9.97 Å². The molecule has 0 amide bonds. The lowest BCUT2D eigenvalue weighted by atomic mass is 10.1. The number of ketones is 1. The zero-order valence-corrected chi connectivity index (χ0v) is 9.91. The molecule has 17 heavy (non-hydrogen) atoms. The first-order valence-electron chi connectivity index (χ1n) is 5.12. The Morgan fingerprint density at radius 1 is 1.47 bits per heavy atom. The van der Waals surface area contributed by atoms with Crippen LogP contribution in [0.4, 0.5) is 5.82 Å². The second kappa shape index (κ2) is 5.03. The fourth-order valence-corrected chi connectivity index (χ4v) is 2.20. The number of rotatable bonds is 4. The van der Waals surface area contributed by atoms with Gasteiger partial charge in [0.05, 0.1) is 10.6 Å². The molecule has 2 rings (SSSR count). The van der Waals surface area contributed by atoms with Gasteiger partial charge in [-0.15, -0.1) is 11.3 Å². The second-order valence-electron chi connectivity index (χ2n) is 3.43. The average molecular weight is 248 g/mol. The summed E-state index contributed by atoms with van der Waals surface area (Å²) in [7, 11) is 0. The molecule has 0 aliphatic heterocycles. The number of nitrogens with zero attached hydrogens (tertiary/aromatic N) is 2. The van der Waals surface area contributed by atoms with Crippen LogP contribution in [0, 0.1) is 0 Å². The largest absolute Gasteiger partial charge is 0.383 e. The molecule has 0 aliphatic carbocycles. The highest BCUT2D eigenvalue weighted by Gasteiger charge is 2.15. The minimum atomic E-state index is -0.199. The van der Waals surface area contributed by atoms with E-state index in [1.54, 1.807) is 23.7 Å². The first kappa shape index (κ1) is 11.7. The summed E-state index contributed by atoms with van der Waals surface area (Å²) in [5.74, 6) is 0.0287. The number of carbonyl (C=O) groups is 1. The van der Waals surface area contributed by atoms with Crippen LogP contribution in [0.2, 0.25) is 0 Å². The Balaban J connectivity index is 2.28. The van der Waals surface area contributed by atoms with E-state index < -0.39 is 0 Å². The average Bonchev–Trinajstić information content (AvgIpc) is 2.78. The molecule has 0 saturated heterocycles. The topological polar surface area (TPSA) is 94.9 Å².